The highest BCUT2D eigenvalue weighted by Crippen LogP contribution is 2.52. The number of nitrogens with one attached hydrogen (secondary N) is 2. The number of carbonyl (C=O) groups is 2. The van der Waals surface area contributed by atoms with Crippen molar-refractivity contribution in [2.24, 2.45) is 5.41 Å². The fourth-order valence-electron chi connectivity index (χ4n) is 4.76. The van der Waals surface area contributed by atoms with E-state index < -0.39 is 12.2 Å². The second-order valence-electron chi connectivity index (χ2n) is 8.19. The zero-order valence-corrected chi connectivity index (χ0v) is 15.5. The molecule has 2 N–H and O–H groups in total. The molecule has 0 aromatic carbocycles. The van der Waals surface area contributed by atoms with Crippen LogP contribution in [0.1, 0.15) is 58.3 Å². The first-order chi connectivity index (χ1) is 12.4. The highest BCUT2D eigenvalue weighted by atomic mass is 19.1. The molecule has 7 heteroatoms. The smallest absolute Gasteiger partial charge is 0.237 e. The molecule has 4 fully saturated rings. The Hall–Kier alpha value is -1.68. The van der Waals surface area contributed by atoms with Gasteiger partial charge in [0.25, 0.3) is 0 Å². The third-order valence-electron chi connectivity index (χ3n) is 6.60. The number of alkyl halides is 1. The lowest BCUT2D eigenvalue weighted by atomic mass is 9.57. The van der Waals surface area contributed by atoms with Gasteiger partial charge >= 0.3 is 0 Å². The highest BCUT2D eigenvalue weighted by molar-refractivity contribution is 5.83. The second kappa shape index (κ2) is 7.51. The van der Waals surface area contributed by atoms with Crippen molar-refractivity contribution in [3.05, 3.63) is 0 Å². The highest BCUT2D eigenvalue weighted by Gasteiger charge is 2.52. The maximum atomic E-state index is 13.5. The Morgan fingerprint density at radius 3 is 2.46 bits per heavy atom. The topological polar surface area (TPSA) is 85.2 Å². The lowest BCUT2D eigenvalue weighted by Gasteiger charge is -2.53. The van der Waals surface area contributed by atoms with Crippen LogP contribution in [0.4, 0.5) is 4.39 Å². The zero-order valence-electron chi connectivity index (χ0n) is 15.5. The number of hydrogen-bond donors (Lipinski definition) is 2. The van der Waals surface area contributed by atoms with E-state index in [0.717, 1.165) is 51.5 Å². The Kier molecular flexibility index (Phi) is 5.52. The van der Waals surface area contributed by atoms with Crippen molar-refractivity contribution in [1.29, 1.82) is 5.26 Å². The standard InChI is InChI=1S/C19H29FN4O2/c1-2-9-22-17(26)18-3-6-19(7-4-18,8-5-18)23-12-16(25)24-13-14(20)10-15(24)11-21/h14-15,23H,2-10,12-13H2,1H3,(H,22,26). The van der Waals surface area contributed by atoms with E-state index >= 15 is 0 Å². The summed E-state index contributed by atoms with van der Waals surface area (Å²) in [6.07, 6.45) is 5.14. The molecule has 26 heavy (non-hydrogen) atoms. The minimum absolute atomic E-state index is 0.0203. The Labute approximate surface area is 154 Å². The normalized spacial score (nSPS) is 36.0. The average molecular weight is 364 g/mol. The van der Waals surface area contributed by atoms with Crippen molar-refractivity contribution in [2.45, 2.75) is 76.0 Å². The van der Waals surface area contributed by atoms with E-state index in [4.69, 9.17) is 5.26 Å². The molecule has 4 aliphatic rings. The first kappa shape index (κ1) is 19.1. The summed E-state index contributed by atoms with van der Waals surface area (Å²) in [7, 11) is 0. The summed E-state index contributed by atoms with van der Waals surface area (Å²) >= 11 is 0. The second-order valence-corrected chi connectivity index (χ2v) is 8.19. The van der Waals surface area contributed by atoms with Crippen molar-refractivity contribution in [2.75, 3.05) is 19.6 Å². The van der Waals surface area contributed by atoms with Gasteiger partial charge < -0.3 is 15.5 Å². The Morgan fingerprint density at radius 1 is 1.23 bits per heavy atom. The summed E-state index contributed by atoms with van der Waals surface area (Å²) in [6.45, 7) is 2.93. The van der Waals surface area contributed by atoms with Crippen molar-refractivity contribution in [3.63, 3.8) is 0 Å². The SMILES string of the molecule is CCCNC(=O)C12CCC(NCC(=O)N3CC(F)CC3C#N)(CC1)CC2. The molecular formula is C19H29FN4O2. The van der Waals surface area contributed by atoms with E-state index in [9.17, 15) is 14.0 Å². The number of nitriles is 1. The number of hydrogen-bond acceptors (Lipinski definition) is 4. The molecule has 2 bridgehead atoms. The summed E-state index contributed by atoms with van der Waals surface area (Å²) < 4.78 is 13.5. The van der Waals surface area contributed by atoms with E-state index in [-0.39, 0.29) is 42.3 Å². The van der Waals surface area contributed by atoms with E-state index in [1.165, 1.54) is 4.90 Å². The Bertz CT molecular complexity index is 578. The summed E-state index contributed by atoms with van der Waals surface area (Å²) in [5, 5.41) is 15.5. The largest absolute Gasteiger partial charge is 0.356 e. The van der Waals surface area contributed by atoms with E-state index in [0.29, 0.717) is 0 Å². The number of likely N-dealkylation sites (tertiary alicyclic amines) is 1. The van der Waals surface area contributed by atoms with Crippen molar-refractivity contribution >= 4 is 11.8 Å². The molecule has 144 valence electrons. The van der Waals surface area contributed by atoms with Crippen LogP contribution in [0.5, 0.6) is 0 Å². The summed E-state index contributed by atoms with van der Waals surface area (Å²) in [5.41, 5.74) is -0.329. The fraction of sp³-hybridized carbons (Fsp3) is 0.842. The molecule has 3 saturated carbocycles. The predicted molar refractivity (Wildman–Crippen MR) is 94.8 cm³/mol. The van der Waals surface area contributed by atoms with Crippen LogP contribution in [-0.2, 0) is 9.59 Å². The number of fused-ring (bicyclic) bond motifs is 3. The van der Waals surface area contributed by atoms with Crippen LogP contribution in [0, 0.1) is 16.7 Å². The number of halogens is 1. The van der Waals surface area contributed by atoms with E-state index in [1.54, 1.807) is 0 Å². The van der Waals surface area contributed by atoms with Crippen LogP contribution in [0.25, 0.3) is 0 Å². The molecule has 1 aliphatic heterocycles. The van der Waals surface area contributed by atoms with Crippen molar-refractivity contribution < 1.29 is 14.0 Å². The predicted octanol–water partition coefficient (Wildman–Crippen LogP) is 1.66. The number of carbonyl (C=O) groups excluding carboxylic acids is 2. The lowest BCUT2D eigenvalue weighted by molar-refractivity contribution is -0.139. The van der Waals surface area contributed by atoms with E-state index in [1.807, 2.05) is 13.0 Å². The molecule has 0 spiro atoms. The molecule has 4 rings (SSSR count). The third-order valence-corrected chi connectivity index (χ3v) is 6.60. The molecule has 6 nitrogen and oxygen atoms in total. The Balaban J connectivity index is 1.53. The van der Waals surface area contributed by atoms with Crippen LogP contribution < -0.4 is 10.6 Å². The first-order valence-corrected chi connectivity index (χ1v) is 9.80. The minimum atomic E-state index is -1.10. The Morgan fingerprint density at radius 2 is 1.88 bits per heavy atom. The first-order valence-electron chi connectivity index (χ1n) is 9.80. The van der Waals surface area contributed by atoms with Gasteiger partial charge in [0.2, 0.25) is 11.8 Å². The van der Waals surface area contributed by atoms with Gasteiger partial charge in [-0.1, -0.05) is 6.92 Å². The van der Waals surface area contributed by atoms with E-state index in [2.05, 4.69) is 10.6 Å². The van der Waals surface area contributed by atoms with Crippen LogP contribution in [0.15, 0.2) is 0 Å². The number of rotatable bonds is 6. The van der Waals surface area contributed by atoms with Gasteiger partial charge in [0.15, 0.2) is 0 Å². The van der Waals surface area contributed by atoms with Crippen LogP contribution in [0.2, 0.25) is 0 Å². The molecular weight excluding hydrogens is 335 g/mol. The van der Waals surface area contributed by atoms with Gasteiger partial charge in [0.1, 0.15) is 12.2 Å². The molecule has 2 atom stereocenters. The minimum Gasteiger partial charge on any atom is -0.356 e. The van der Waals surface area contributed by atoms with Crippen LogP contribution in [0.3, 0.4) is 0 Å². The zero-order chi connectivity index (χ0) is 18.8. The molecule has 1 heterocycles. The molecule has 2 unspecified atom stereocenters. The van der Waals surface area contributed by atoms with Crippen LogP contribution >= 0.6 is 0 Å². The molecule has 1 saturated heterocycles. The number of nitrogens with zero attached hydrogens (tertiary/aromatic N) is 2. The summed E-state index contributed by atoms with van der Waals surface area (Å²) in [5.74, 6) is -0.0131. The molecule has 0 aromatic rings. The van der Waals surface area contributed by atoms with Gasteiger partial charge in [-0.25, -0.2) is 4.39 Å². The molecule has 0 radical (unpaired) electrons. The average Bonchev–Trinajstić information content (AvgIpc) is 3.06. The fourth-order valence-corrected chi connectivity index (χ4v) is 4.76. The van der Waals surface area contributed by atoms with Gasteiger partial charge in [0.05, 0.1) is 19.2 Å². The summed E-state index contributed by atoms with van der Waals surface area (Å²) in [6, 6.07) is 1.37. The van der Waals surface area contributed by atoms with Crippen molar-refractivity contribution in [3.8, 4) is 6.07 Å². The van der Waals surface area contributed by atoms with Crippen LogP contribution in [-0.4, -0.2) is 54.1 Å². The molecule has 2 amide bonds. The molecule has 0 aromatic heterocycles. The van der Waals surface area contributed by atoms with Gasteiger partial charge in [-0.2, -0.15) is 5.26 Å². The maximum absolute atomic E-state index is 13.5. The maximum Gasteiger partial charge on any atom is 0.237 e. The van der Waals surface area contributed by atoms with Gasteiger partial charge in [-0.15, -0.1) is 0 Å². The third kappa shape index (κ3) is 3.57. The van der Waals surface area contributed by atoms with Gasteiger partial charge in [-0.3, -0.25) is 9.59 Å². The summed E-state index contributed by atoms with van der Waals surface area (Å²) in [4.78, 5) is 26.3. The monoisotopic (exact) mass is 364 g/mol. The quantitative estimate of drug-likeness (QED) is 0.751. The molecule has 3 aliphatic carbocycles. The number of amides is 2. The van der Waals surface area contributed by atoms with Gasteiger partial charge in [-0.05, 0) is 44.9 Å². The lowest BCUT2D eigenvalue weighted by Crippen LogP contribution is -2.60. The van der Waals surface area contributed by atoms with Gasteiger partial charge in [0, 0.05) is 23.9 Å². The van der Waals surface area contributed by atoms with Crippen molar-refractivity contribution in [1.82, 2.24) is 15.5 Å².